The average molecular weight is 387 g/mol. The first-order chi connectivity index (χ1) is 13.1. The van der Waals surface area contributed by atoms with Crippen molar-refractivity contribution >= 4 is 15.9 Å². The molecule has 0 aliphatic carbocycles. The number of nitrogens with zero attached hydrogens (tertiary/aromatic N) is 1. The van der Waals surface area contributed by atoms with Crippen molar-refractivity contribution in [2.75, 3.05) is 13.1 Å². The summed E-state index contributed by atoms with van der Waals surface area (Å²) in [5.74, 6) is -0.0103. The van der Waals surface area contributed by atoms with Crippen molar-refractivity contribution in [2.24, 2.45) is 0 Å². The zero-order valence-corrected chi connectivity index (χ0v) is 16.2. The lowest BCUT2D eigenvalue weighted by molar-refractivity contribution is -0.121. The molecule has 0 radical (unpaired) electrons. The molecule has 144 valence electrons. The van der Waals surface area contributed by atoms with E-state index in [1.54, 1.807) is 28.6 Å². The highest BCUT2D eigenvalue weighted by molar-refractivity contribution is 7.89. The van der Waals surface area contributed by atoms with Gasteiger partial charge in [0.15, 0.2) is 0 Å². The number of nitrogens with one attached hydrogen (secondary N) is 1. The number of sulfonamides is 1. The lowest BCUT2D eigenvalue weighted by Gasteiger charge is -2.25. The summed E-state index contributed by atoms with van der Waals surface area (Å²) in [5.41, 5.74) is 2.03. The van der Waals surface area contributed by atoms with Gasteiger partial charge in [-0.05, 0) is 42.5 Å². The standard InChI is InChI=1S/C21H26N2O3S/c24-21(14-11-18-7-3-1-4-8-18)22-17-19-9-12-20(13-10-19)27(25,26)23-15-5-2-6-16-23/h1,3-4,7-10,12-13H,2,5-6,11,14-17H2,(H,22,24). The van der Waals surface area contributed by atoms with E-state index in [0.717, 1.165) is 30.4 Å². The first-order valence-electron chi connectivity index (χ1n) is 9.45. The highest BCUT2D eigenvalue weighted by Gasteiger charge is 2.25. The van der Waals surface area contributed by atoms with Gasteiger partial charge in [0, 0.05) is 26.1 Å². The smallest absolute Gasteiger partial charge is 0.243 e. The van der Waals surface area contributed by atoms with Crippen LogP contribution in [0.15, 0.2) is 59.5 Å². The molecule has 5 nitrogen and oxygen atoms in total. The molecular weight excluding hydrogens is 360 g/mol. The summed E-state index contributed by atoms with van der Waals surface area (Å²) < 4.78 is 26.8. The minimum absolute atomic E-state index is 0.0103. The monoisotopic (exact) mass is 386 g/mol. The molecule has 0 unspecified atom stereocenters. The van der Waals surface area contributed by atoms with Gasteiger partial charge < -0.3 is 5.32 Å². The van der Waals surface area contributed by atoms with Gasteiger partial charge in [0.05, 0.1) is 4.90 Å². The molecule has 0 bridgehead atoms. The lowest BCUT2D eigenvalue weighted by atomic mass is 10.1. The molecule has 0 saturated carbocycles. The largest absolute Gasteiger partial charge is 0.352 e. The average Bonchev–Trinajstić information content (AvgIpc) is 2.72. The first kappa shape index (κ1) is 19.6. The topological polar surface area (TPSA) is 66.5 Å². The van der Waals surface area contributed by atoms with E-state index in [4.69, 9.17) is 0 Å². The van der Waals surface area contributed by atoms with Crippen LogP contribution < -0.4 is 5.32 Å². The fourth-order valence-electron chi connectivity index (χ4n) is 3.23. The second-order valence-corrected chi connectivity index (χ2v) is 8.81. The number of hydrogen-bond acceptors (Lipinski definition) is 3. The summed E-state index contributed by atoms with van der Waals surface area (Å²) in [6.45, 7) is 1.60. The molecule has 2 aromatic rings. The van der Waals surface area contributed by atoms with Crippen molar-refractivity contribution < 1.29 is 13.2 Å². The third-order valence-corrected chi connectivity index (χ3v) is 6.76. The van der Waals surface area contributed by atoms with Crippen LogP contribution in [-0.2, 0) is 27.8 Å². The molecule has 0 aromatic heterocycles. The summed E-state index contributed by atoms with van der Waals surface area (Å²) >= 11 is 0. The van der Waals surface area contributed by atoms with E-state index < -0.39 is 10.0 Å². The number of hydrogen-bond donors (Lipinski definition) is 1. The number of aryl methyl sites for hydroxylation is 1. The van der Waals surface area contributed by atoms with E-state index >= 15 is 0 Å². The van der Waals surface area contributed by atoms with Crippen LogP contribution in [0.4, 0.5) is 0 Å². The van der Waals surface area contributed by atoms with Crippen LogP contribution in [0.5, 0.6) is 0 Å². The predicted molar refractivity (Wildman–Crippen MR) is 106 cm³/mol. The highest BCUT2D eigenvalue weighted by atomic mass is 32.2. The number of benzene rings is 2. The molecule has 1 aliphatic rings. The maximum atomic E-state index is 12.6. The van der Waals surface area contributed by atoms with Crippen molar-refractivity contribution in [3.8, 4) is 0 Å². The van der Waals surface area contributed by atoms with Crippen molar-refractivity contribution in [3.63, 3.8) is 0 Å². The highest BCUT2D eigenvalue weighted by Crippen LogP contribution is 2.20. The van der Waals surface area contributed by atoms with Gasteiger partial charge in [-0.15, -0.1) is 0 Å². The van der Waals surface area contributed by atoms with E-state index in [2.05, 4.69) is 5.32 Å². The second kappa shape index (κ2) is 9.15. The molecule has 1 saturated heterocycles. The third kappa shape index (κ3) is 5.40. The Hall–Kier alpha value is -2.18. The summed E-state index contributed by atoms with van der Waals surface area (Å²) in [4.78, 5) is 12.3. The van der Waals surface area contributed by atoms with Crippen molar-refractivity contribution in [1.82, 2.24) is 9.62 Å². The molecule has 3 rings (SSSR count). The lowest BCUT2D eigenvalue weighted by Crippen LogP contribution is -2.35. The number of carbonyl (C=O) groups is 1. The molecule has 27 heavy (non-hydrogen) atoms. The van der Waals surface area contributed by atoms with Gasteiger partial charge in [-0.25, -0.2) is 8.42 Å². The van der Waals surface area contributed by atoms with Gasteiger partial charge >= 0.3 is 0 Å². The van der Waals surface area contributed by atoms with Gasteiger partial charge in [0.2, 0.25) is 15.9 Å². The molecule has 0 spiro atoms. The summed E-state index contributed by atoms with van der Waals surface area (Å²) in [5, 5.41) is 2.89. The van der Waals surface area contributed by atoms with E-state index in [1.165, 1.54) is 0 Å². The predicted octanol–water partition coefficient (Wildman–Crippen LogP) is 3.11. The molecule has 0 atom stereocenters. The van der Waals surface area contributed by atoms with Crippen LogP contribution in [0.3, 0.4) is 0 Å². The van der Waals surface area contributed by atoms with Crippen LogP contribution in [0.1, 0.15) is 36.8 Å². The van der Waals surface area contributed by atoms with E-state index in [-0.39, 0.29) is 5.91 Å². The Kier molecular flexibility index (Phi) is 6.63. The van der Waals surface area contributed by atoms with Gasteiger partial charge in [0.1, 0.15) is 0 Å². The Labute approximate surface area is 161 Å². The summed E-state index contributed by atoms with van der Waals surface area (Å²) in [6.07, 6.45) is 4.08. The van der Waals surface area contributed by atoms with Crippen LogP contribution in [0.2, 0.25) is 0 Å². The Morgan fingerprint density at radius 3 is 2.22 bits per heavy atom. The fraction of sp³-hybridized carbons (Fsp3) is 0.381. The molecule has 2 aromatic carbocycles. The quantitative estimate of drug-likeness (QED) is 0.795. The molecule has 6 heteroatoms. The van der Waals surface area contributed by atoms with E-state index in [1.807, 2.05) is 30.3 Å². The second-order valence-electron chi connectivity index (χ2n) is 6.87. The fourth-order valence-corrected chi connectivity index (χ4v) is 4.74. The minimum atomic E-state index is -3.40. The molecule has 1 aliphatic heterocycles. The van der Waals surface area contributed by atoms with Crippen molar-refractivity contribution in [2.45, 2.75) is 43.5 Å². The number of carbonyl (C=O) groups excluding carboxylic acids is 1. The number of rotatable bonds is 7. The van der Waals surface area contributed by atoms with Gasteiger partial charge in [0.25, 0.3) is 0 Å². The molecular formula is C21H26N2O3S. The summed E-state index contributed by atoms with van der Waals surface area (Å²) in [6, 6.07) is 16.7. The van der Waals surface area contributed by atoms with Crippen LogP contribution in [0.25, 0.3) is 0 Å². The third-order valence-electron chi connectivity index (χ3n) is 4.85. The Bertz CT molecular complexity index is 843. The zero-order chi connectivity index (χ0) is 19.1. The van der Waals surface area contributed by atoms with Crippen molar-refractivity contribution in [1.29, 1.82) is 0 Å². The maximum absolute atomic E-state index is 12.6. The summed E-state index contributed by atoms with van der Waals surface area (Å²) in [7, 11) is -3.40. The van der Waals surface area contributed by atoms with E-state index in [9.17, 15) is 13.2 Å². The van der Waals surface area contributed by atoms with Crippen LogP contribution in [-0.4, -0.2) is 31.7 Å². The van der Waals surface area contributed by atoms with Gasteiger partial charge in [-0.2, -0.15) is 4.31 Å². The normalized spacial score (nSPS) is 15.4. The van der Waals surface area contributed by atoms with E-state index in [0.29, 0.717) is 37.4 Å². The molecule has 1 fully saturated rings. The zero-order valence-electron chi connectivity index (χ0n) is 15.4. The van der Waals surface area contributed by atoms with Crippen LogP contribution >= 0.6 is 0 Å². The molecule has 1 heterocycles. The molecule has 1 amide bonds. The Balaban J connectivity index is 1.50. The Morgan fingerprint density at radius 2 is 1.56 bits per heavy atom. The van der Waals surface area contributed by atoms with Gasteiger partial charge in [-0.1, -0.05) is 48.9 Å². The Morgan fingerprint density at radius 1 is 0.889 bits per heavy atom. The minimum Gasteiger partial charge on any atom is -0.352 e. The SMILES string of the molecule is O=C(CCc1ccccc1)NCc1ccc(S(=O)(=O)N2CCCCC2)cc1. The van der Waals surface area contributed by atoms with Crippen molar-refractivity contribution in [3.05, 3.63) is 65.7 Å². The molecule has 1 N–H and O–H groups in total. The van der Waals surface area contributed by atoms with Crippen LogP contribution in [0, 0.1) is 0 Å². The number of piperidine rings is 1. The first-order valence-corrected chi connectivity index (χ1v) is 10.9. The maximum Gasteiger partial charge on any atom is 0.243 e. The number of amides is 1. The van der Waals surface area contributed by atoms with Gasteiger partial charge in [-0.3, -0.25) is 4.79 Å².